The summed E-state index contributed by atoms with van der Waals surface area (Å²) >= 11 is 1.39. The van der Waals surface area contributed by atoms with Gasteiger partial charge in [-0.1, -0.05) is 0 Å². The Labute approximate surface area is 168 Å². The molecule has 150 valence electrons. The van der Waals surface area contributed by atoms with Gasteiger partial charge in [-0.2, -0.15) is 0 Å². The molecule has 1 amide bonds. The molecule has 1 aliphatic heterocycles. The highest BCUT2D eigenvalue weighted by molar-refractivity contribution is 7.16. The summed E-state index contributed by atoms with van der Waals surface area (Å²) in [5, 5.41) is 3.44. The van der Waals surface area contributed by atoms with Crippen molar-refractivity contribution < 1.29 is 24.0 Å². The highest BCUT2D eigenvalue weighted by Crippen LogP contribution is 2.28. The van der Waals surface area contributed by atoms with Crippen LogP contribution in [-0.4, -0.2) is 58.8 Å². The molecule has 1 aromatic heterocycles. The summed E-state index contributed by atoms with van der Waals surface area (Å²) in [6.07, 6.45) is 0. The summed E-state index contributed by atoms with van der Waals surface area (Å²) in [4.78, 5) is 28.8. The van der Waals surface area contributed by atoms with Crippen molar-refractivity contribution in [1.82, 2.24) is 0 Å². The fourth-order valence-electron chi connectivity index (χ4n) is 3.32. The molecule has 2 aromatic rings. The molecule has 1 aliphatic rings. The molecule has 0 saturated carbocycles. The molecule has 1 fully saturated rings. The summed E-state index contributed by atoms with van der Waals surface area (Å²) in [7, 11) is 3.00. The second-order valence-corrected chi connectivity index (χ2v) is 8.01. The molecule has 3 rings (SSSR count). The van der Waals surface area contributed by atoms with E-state index < -0.39 is 5.97 Å². The van der Waals surface area contributed by atoms with Crippen molar-refractivity contribution in [2.75, 3.05) is 57.2 Å². The number of benzene rings is 1. The maximum atomic E-state index is 12.5. The van der Waals surface area contributed by atoms with Gasteiger partial charge >= 0.3 is 5.97 Å². The Balaban J connectivity index is 1.52. The Kier molecular flexibility index (Phi) is 6.53. The van der Waals surface area contributed by atoms with E-state index in [1.807, 2.05) is 19.1 Å². The lowest BCUT2D eigenvalue weighted by molar-refractivity contribution is -0.892. The topological polar surface area (TPSA) is 72.3 Å². The molecule has 7 nitrogen and oxygen atoms in total. The lowest BCUT2D eigenvalue weighted by atomic mass is 10.2. The maximum Gasteiger partial charge on any atom is 0.340 e. The Morgan fingerprint density at radius 1 is 1.18 bits per heavy atom. The lowest BCUT2D eigenvalue weighted by Crippen LogP contribution is -3.15. The third-order valence-corrected chi connectivity index (χ3v) is 5.80. The SMILES string of the molecule is COC(=O)c1cc(C)sc1NC(=O)C[NH+]1CCN(c2ccc(OC)cc2)CC1. The number of rotatable bonds is 6. The standard InChI is InChI=1S/C20H25N3O4S/c1-14-12-17(20(25)27-3)19(28-14)21-18(24)13-22-8-10-23(11-9-22)15-4-6-16(26-2)7-5-15/h4-7,12H,8-11,13H2,1-3H3,(H,21,24)/p+1. The number of nitrogens with zero attached hydrogens (tertiary/aromatic N) is 1. The number of carbonyl (C=O) groups excluding carboxylic acids is 2. The number of hydrogen-bond acceptors (Lipinski definition) is 6. The number of anilines is 2. The highest BCUT2D eigenvalue weighted by Gasteiger charge is 2.24. The van der Waals surface area contributed by atoms with Gasteiger partial charge in [-0.15, -0.1) is 11.3 Å². The van der Waals surface area contributed by atoms with Gasteiger partial charge in [0.25, 0.3) is 5.91 Å². The molecule has 2 N–H and O–H groups in total. The number of thiophene rings is 1. The molecule has 0 spiro atoms. The molecule has 0 unspecified atom stereocenters. The Hall–Kier alpha value is -2.58. The van der Waals surface area contributed by atoms with Gasteiger partial charge < -0.3 is 24.6 Å². The van der Waals surface area contributed by atoms with Crippen LogP contribution >= 0.6 is 11.3 Å². The number of quaternary nitrogens is 1. The van der Waals surface area contributed by atoms with Gasteiger partial charge in [-0.05, 0) is 37.3 Å². The average Bonchev–Trinajstić information content (AvgIpc) is 3.08. The number of ether oxygens (including phenoxy) is 2. The van der Waals surface area contributed by atoms with E-state index in [0.29, 0.717) is 17.1 Å². The Bertz CT molecular complexity index is 826. The van der Waals surface area contributed by atoms with E-state index in [4.69, 9.17) is 9.47 Å². The summed E-state index contributed by atoms with van der Waals surface area (Å²) in [6.45, 7) is 5.82. The van der Waals surface area contributed by atoms with Crippen LogP contribution in [-0.2, 0) is 9.53 Å². The van der Waals surface area contributed by atoms with Crippen LogP contribution in [0.15, 0.2) is 30.3 Å². The van der Waals surface area contributed by atoms with Gasteiger partial charge in [0.15, 0.2) is 6.54 Å². The monoisotopic (exact) mass is 404 g/mol. The van der Waals surface area contributed by atoms with Crippen molar-refractivity contribution in [3.05, 3.63) is 40.8 Å². The lowest BCUT2D eigenvalue weighted by Gasteiger charge is -2.33. The van der Waals surface area contributed by atoms with Gasteiger partial charge in [0.1, 0.15) is 10.8 Å². The third kappa shape index (κ3) is 4.82. The van der Waals surface area contributed by atoms with Crippen LogP contribution in [0.5, 0.6) is 5.75 Å². The van der Waals surface area contributed by atoms with Crippen LogP contribution in [0.2, 0.25) is 0 Å². The summed E-state index contributed by atoms with van der Waals surface area (Å²) < 4.78 is 9.99. The van der Waals surface area contributed by atoms with Crippen LogP contribution in [0.3, 0.4) is 0 Å². The fraction of sp³-hybridized carbons (Fsp3) is 0.400. The molecule has 0 bridgehead atoms. The molecule has 1 aromatic carbocycles. The van der Waals surface area contributed by atoms with Gasteiger partial charge in [0.2, 0.25) is 0 Å². The van der Waals surface area contributed by atoms with Crippen molar-refractivity contribution in [2.24, 2.45) is 0 Å². The predicted molar refractivity (Wildman–Crippen MR) is 110 cm³/mol. The van der Waals surface area contributed by atoms with Crippen molar-refractivity contribution in [1.29, 1.82) is 0 Å². The quantitative estimate of drug-likeness (QED) is 0.708. The van der Waals surface area contributed by atoms with E-state index in [0.717, 1.165) is 36.8 Å². The molecular weight excluding hydrogens is 378 g/mol. The van der Waals surface area contributed by atoms with Crippen LogP contribution in [0, 0.1) is 6.92 Å². The average molecular weight is 405 g/mol. The summed E-state index contributed by atoms with van der Waals surface area (Å²) in [5.74, 6) is 0.333. The van der Waals surface area contributed by atoms with Crippen LogP contribution in [0.4, 0.5) is 10.7 Å². The van der Waals surface area contributed by atoms with Gasteiger partial charge in [-0.3, -0.25) is 4.79 Å². The smallest absolute Gasteiger partial charge is 0.340 e. The van der Waals surface area contributed by atoms with Crippen LogP contribution in [0.1, 0.15) is 15.2 Å². The normalized spacial score (nSPS) is 14.6. The Morgan fingerprint density at radius 2 is 1.86 bits per heavy atom. The van der Waals surface area contributed by atoms with Crippen LogP contribution in [0.25, 0.3) is 0 Å². The number of aryl methyl sites for hydroxylation is 1. The number of esters is 1. The first kappa shape index (κ1) is 20.2. The Morgan fingerprint density at radius 3 is 2.46 bits per heavy atom. The minimum absolute atomic E-state index is 0.0834. The molecule has 0 radical (unpaired) electrons. The number of amides is 1. The summed E-state index contributed by atoms with van der Waals surface area (Å²) in [6, 6.07) is 9.79. The first-order valence-electron chi connectivity index (χ1n) is 9.21. The van der Waals surface area contributed by atoms with E-state index in [1.54, 1.807) is 13.2 Å². The zero-order valence-corrected chi connectivity index (χ0v) is 17.2. The van der Waals surface area contributed by atoms with Crippen molar-refractivity contribution in [2.45, 2.75) is 6.92 Å². The van der Waals surface area contributed by atoms with Gasteiger partial charge in [-0.25, -0.2) is 4.79 Å². The van der Waals surface area contributed by atoms with E-state index >= 15 is 0 Å². The predicted octanol–water partition coefficient (Wildman–Crippen LogP) is 1.20. The van der Waals surface area contributed by atoms with Crippen molar-refractivity contribution in [3.63, 3.8) is 0 Å². The molecular formula is C20H26N3O4S+. The van der Waals surface area contributed by atoms with E-state index in [1.165, 1.54) is 29.0 Å². The molecule has 0 atom stereocenters. The highest BCUT2D eigenvalue weighted by atomic mass is 32.1. The van der Waals surface area contributed by atoms with Crippen molar-refractivity contribution >= 4 is 33.9 Å². The van der Waals surface area contributed by atoms with E-state index in [2.05, 4.69) is 22.3 Å². The minimum Gasteiger partial charge on any atom is -0.497 e. The first-order chi connectivity index (χ1) is 13.5. The number of methoxy groups -OCH3 is 2. The zero-order valence-electron chi connectivity index (χ0n) is 16.4. The van der Waals surface area contributed by atoms with Gasteiger partial charge in [0.05, 0.1) is 46.0 Å². The number of hydrogen-bond donors (Lipinski definition) is 2. The minimum atomic E-state index is -0.430. The molecule has 28 heavy (non-hydrogen) atoms. The van der Waals surface area contributed by atoms with Gasteiger partial charge in [0, 0.05) is 10.6 Å². The third-order valence-electron chi connectivity index (χ3n) is 4.83. The van der Waals surface area contributed by atoms with Crippen LogP contribution < -0.4 is 19.9 Å². The number of carbonyl (C=O) groups is 2. The molecule has 2 heterocycles. The zero-order chi connectivity index (χ0) is 20.1. The molecule has 8 heteroatoms. The van der Waals surface area contributed by atoms with Crippen molar-refractivity contribution in [3.8, 4) is 5.75 Å². The largest absolute Gasteiger partial charge is 0.497 e. The second kappa shape index (κ2) is 9.07. The molecule has 1 saturated heterocycles. The summed E-state index contributed by atoms with van der Waals surface area (Å²) in [5.41, 5.74) is 1.58. The number of nitrogens with one attached hydrogen (secondary N) is 2. The fourth-order valence-corrected chi connectivity index (χ4v) is 4.23. The second-order valence-electron chi connectivity index (χ2n) is 6.75. The first-order valence-corrected chi connectivity index (χ1v) is 10.0. The number of piperazine rings is 1. The van der Waals surface area contributed by atoms with E-state index in [-0.39, 0.29) is 5.91 Å². The maximum absolute atomic E-state index is 12.5. The molecule has 0 aliphatic carbocycles. The van der Waals surface area contributed by atoms with E-state index in [9.17, 15) is 9.59 Å².